The van der Waals surface area contributed by atoms with Gasteiger partial charge in [0.25, 0.3) is 0 Å². The summed E-state index contributed by atoms with van der Waals surface area (Å²) in [6.07, 6.45) is 3.50. The Bertz CT molecular complexity index is 6820. The van der Waals surface area contributed by atoms with E-state index in [4.69, 9.17) is 39.3 Å². The minimum atomic E-state index is 0.563. The van der Waals surface area contributed by atoms with Gasteiger partial charge < -0.3 is 4.42 Å². The highest BCUT2D eigenvalue weighted by atomic mass is 16.3. The third-order valence-electron chi connectivity index (χ3n) is 20.6. The van der Waals surface area contributed by atoms with E-state index < -0.39 is 0 Å². The molecule has 0 saturated carbocycles. The number of fused-ring (bicyclic) bond motifs is 15. The van der Waals surface area contributed by atoms with E-state index in [1.165, 1.54) is 32.7 Å². The number of hydrogen-bond donors (Lipinski definition) is 0. The molecule has 0 aliphatic carbocycles. The predicted molar refractivity (Wildman–Crippen MR) is 423 cm³/mol. The predicted octanol–water partition coefficient (Wildman–Crippen LogP) is 24.2. The van der Waals surface area contributed by atoms with Crippen LogP contribution in [0.1, 0.15) is 36.6 Å². The Kier molecular flexibility index (Phi) is 13.8. The Hall–Kier alpha value is -13.4. The van der Waals surface area contributed by atoms with Crippen LogP contribution in [0, 0.1) is 0 Å². The lowest BCUT2D eigenvalue weighted by Gasteiger charge is -2.17. The van der Waals surface area contributed by atoms with Crippen LogP contribution >= 0.6 is 0 Å². The van der Waals surface area contributed by atoms with Gasteiger partial charge in [0.1, 0.15) is 16.9 Å². The molecule has 0 spiro atoms. The van der Waals surface area contributed by atoms with Crippen LogP contribution in [0.15, 0.2) is 336 Å². The number of pyridine rings is 2. The smallest absolute Gasteiger partial charge is 0.178 e. The molecule has 476 valence electrons. The highest BCUT2D eigenvalue weighted by Gasteiger charge is 2.22. The first-order valence-corrected chi connectivity index (χ1v) is 34.7. The molecule has 0 radical (unpaired) electrons. The summed E-state index contributed by atoms with van der Waals surface area (Å²) in [6, 6.07) is 110. The Morgan fingerprint density at radius 2 is 0.804 bits per heavy atom. The molecule has 0 saturated heterocycles. The van der Waals surface area contributed by atoms with Gasteiger partial charge in [0.05, 0.1) is 22.4 Å². The van der Waals surface area contributed by atoms with Crippen molar-refractivity contribution in [3.05, 3.63) is 338 Å². The van der Waals surface area contributed by atoms with Gasteiger partial charge in [-0.1, -0.05) is 243 Å². The van der Waals surface area contributed by atoms with Crippen molar-refractivity contribution in [2.45, 2.75) is 19.8 Å². The first kappa shape index (κ1) is 58.7. The van der Waals surface area contributed by atoms with Gasteiger partial charge in [-0.05, 0) is 179 Å². The largest absolute Gasteiger partial charge is 0.456 e. The molecule has 0 bridgehead atoms. The van der Waals surface area contributed by atoms with Gasteiger partial charge in [0, 0.05) is 66.2 Å². The molecule has 1 aliphatic heterocycles. The SMILES string of the molecule is C/C1=C(/c2ccc(-c3ccccc3)cc2)N=C(c2ccc3ccc4ccc5ccccc5c4c3n2)N=C(c2ccc3cc(-c4cccc(-c5ccc6cc(-c7nc(-c8ccc9ncc%10ccc%11ccccc%11c%10c9c8)nc(-c8cccc9oc%10ccccc%10c89)n7)ccc6c5)c4)ccc3c2)CC1. The average Bonchev–Trinajstić information content (AvgIpc) is 1.08. The second kappa shape index (κ2) is 23.9. The van der Waals surface area contributed by atoms with Crippen LogP contribution < -0.4 is 0 Å². The zero-order chi connectivity index (χ0) is 67.4. The molecule has 8 nitrogen and oxygen atoms in total. The first-order valence-electron chi connectivity index (χ1n) is 34.7. The maximum atomic E-state index is 6.40. The van der Waals surface area contributed by atoms with Gasteiger partial charge >= 0.3 is 0 Å². The minimum Gasteiger partial charge on any atom is -0.456 e. The van der Waals surface area contributed by atoms with Crippen molar-refractivity contribution < 1.29 is 4.42 Å². The van der Waals surface area contributed by atoms with E-state index >= 15 is 0 Å². The zero-order valence-corrected chi connectivity index (χ0v) is 55.5. The Balaban J connectivity index is 0.629. The van der Waals surface area contributed by atoms with Gasteiger partial charge in [0.15, 0.2) is 23.3 Å². The number of aliphatic imine (C=N–C) groups is 2. The normalized spacial score (nSPS) is 13.7. The summed E-state index contributed by atoms with van der Waals surface area (Å²) in [5, 5.41) is 17.8. The fourth-order valence-corrected chi connectivity index (χ4v) is 15.3. The summed E-state index contributed by atoms with van der Waals surface area (Å²) in [4.78, 5) is 37.5. The van der Waals surface area contributed by atoms with E-state index in [0.29, 0.717) is 23.3 Å². The van der Waals surface area contributed by atoms with Crippen LogP contribution in [0.5, 0.6) is 0 Å². The van der Waals surface area contributed by atoms with E-state index in [0.717, 1.165) is 172 Å². The van der Waals surface area contributed by atoms with Gasteiger partial charge in [-0.15, -0.1) is 0 Å². The molecule has 0 N–H and O–H groups in total. The lowest BCUT2D eigenvalue weighted by Crippen LogP contribution is -2.12. The summed E-state index contributed by atoms with van der Waals surface area (Å²) in [5.74, 6) is 2.30. The van der Waals surface area contributed by atoms with E-state index in [2.05, 4.69) is 286 Å². The van der Waals surface area contributed by atoms with Crippen molar-refractivity contribution in [2.75, 3.05) is 0 Å². The summed E-state index contributed by atoms with van der Waals surface area (Å²) in [5.41, 5.74) is 18.9. The van der Waals surface area contributed by atoms with Crippen LogP contribution in [0.2, 0.25) is 0 Å². The van der Waals surface area contributed by atoms with E-state index in [-0.39, 0.29) is 0 Å². The summed E-state index contributed by atoms with van der Waals surface area (Å²) >= 11 is 0. The molecular weight excluding hydrogens is 1240 g/mol. The van der Waals surface area contributed by atoms with Crippen LogP contribution in [0.4, 0.5) is 0 Å². The maximum absolute atomic E-state index is 6.40. The number of allylic oxidation sites excluding steroid dienone is 1. The number of amidine groups is 1. The molecule has 19 aromatic rings. The molecular formula is C94H59N7O. The van der Waals surface area contributed by atoms with Crippen LogP contribution in [0.25, 0.3) is 182 Å². The van der Waals surface area contributed by atoms with Gasteiger partial charge in [-0.2, -0.15) is 0 Å². The van der Waals surface area contributed by atoms with Gasteiger partial charge in [-0.25, -0.2) is 29.9 Å². The van der Waals surface area contributed by atoms with Crippen LogP contribution in [-0.2, 0) is 0 Å². The second-order valence-corrected chi connectivity index (χ2v) is 26.7. The summed E-state index contributed by atoms with van der Waals surface area (Å²) in [7, 11) is 0. The number of para-hydroxylation sites is 1. The monoisotopic (exact) mass is 1300 g/mol. The number of benzene rings is 15. The lowest BCUT2D eigenvalue weighted by molar-refractivity contribution is 0.669. The standard InChI is InChI=1S/C94H59N7O/c1-56-25-46-81(97-94(98-89(56)62-32-26-58(27-33-62)57-13-3-2-4-14-57)83-48-44-63-34-31-61-30-28-60-16-6-8-20-77(60)87(61)90(63)96-83)72-41-39-68-50-66(35-37-70(68)52-72)64-17-11-18-65(49-64)67-36-38-71-53-73(42-40-69(71)51-67)91-99-92(101-93(100-91)79-22-12-24-85-88(79)78-21-9-10-23-84(78)102-85)74-45-47-82-80(54-74)86-75(55-95-82)43-29-59-15-5-7-19-76(59)86/h2-24,26-45,47-55H,25,46H2,1H3/b89-56+,97-81?,98-94?. The fourth-order valence-electron chi connectivity index (χ4n) is 15.3. The lowest BCUT2D eigenvalue weighted by atomic mass is 9.94. The Morgan fingerprint density at radius 1 is 0.294 bits per heavy atom. The molecule has 0 unspecified atom stereocenters. The molecule has 8 heteroatoms. The molecule has 102 heavy (non-hydrogen) atoms. The highest BCUT2D eigenvalue weighted by Crippen LogP contribution is 2.41. The quantitative estimate of drug-likeness (QED) is 0.133. The number of nitrogens with zero attached hydrogens (tertiary/aromatic N) is 7. The number of aromatic nitrogens is 5. The highest BCUT2D eigenvalue weighted by molar-refractivity contribution is 6.22. The van der Waals surface area contributed by atoms with Crippen molar-refractivity contribution >= 4 is 126 Å². The number of rotatable bonds is 9. The molecule has 0 fully saturated rings. The van der Waals surface area contributed by atoms with E-state index in [9.17, 15) is 0 Å². The van der Waals surface area contributed by atoms with Gasteiger partial charge in [0.2, 0.25) is 0 Å². The van der Waals surface area contributed by atoms with E-state index in [1.54, 1.807) is 0 Å². The molecule has 0 atom stereocenters. The molecule has 5 heterocycles. The summed E-state index contributed by atoms with van der Waals surface area (Å²) in [6.45, 7) is 2.22. The van der Waals surface area contributed by atoms with Crippen LogP contribution in [-0.4, -0.2) is 36.5 Å². The molecule has 15 aromatic carbocycles. The van der Waals surface area contributed by atoms with E-state index in [1.807, 2.05) is 36.5 Å². The fraction of sp³-hybridized carbons (Fsp3) is 0.0319. The maximum Gasteiger partial charge on any atom is 0.178 e. The third kappa shape index (κ3) is 10.3. The second-order valence-electron chi connectivity index (χ2n) is 26.7. The molecule has 0 amide bonds. The number of hydrogen-bond acceptors (Lipinski definition) is 8. The molecule has 20 rings (SSSR count). The molecule has 4 aromatic heterocycles. The number of furan rings is 1. The topological polar surface area (TPSA) is 102 Å². The molecule has 1 aliphatic rings. The average molecular weight is 1300 g/mol. The van der Waals surface area contributed by atoms with Crippen molar-refractivity contribution in [3.8, 4) is 67.5 Å². The Labute approximate surface area is 586 Å². The van der Waals surface area contributed by atoms with Crippen LogP contribution in [0.3, 0.4) is 0 Å². The van der Waals surface area contributed by atoms with Crippen molar-refractivity contribution in [1.29, 1.82) is 0 Å². The summed E-state index contributed by atoms with van der Waals surface area (Å²) < 4.78 is 6.40. The Morgan fingerprint density at radius 3 is 1.55 bits per heavy atom. The third-order valence-corrected chi connectivity index (χ3v) is 20.6. The van der Waals surface area contributed by atoms with Gasteiger partial charge in [-0.3, -0.25) is 4.98 Å². The van der Waals surface area contributed by atoms with Crippen molar-refractivity contribution in [3.63, 3.8) is 0 Å². The zero-order valence-electron chi connectivity index (χ0n) is 55.5. The first-order chi connectivity index (χ1) is 50.4. The van der Waals surface area contributed by atoms with Crippen molar-refractivity contribution in [2.24, 2.45) is 9.98 Å². The van der Waals surface area contributed by atoms with Crippen molar-refractivity contribution in [1.82, 2.24) is 24.9 Å². The minimum absolute atomic E-state index is 0.563.